The van der Waals surface area contributed by atoms with E-state index in [0.29, 0.717) is 40.8 Å². The van der Waals surface area contributed by atoms with Crippen molar-refractivity contribution in [3.8, 4) is 17.6 Å². The highest BCUT2D eigenvalue weighted by molar-refractivity contribution is 6.32. The Hall–Kier alpha value is -4.02. The van der Waals surface area contributed by atoms with Gasteiger partial charge < -0.3 is 20.1 Å². The van der Waals surface area contributed by atoms with E-state index < -0.39 is 0 Å². The predicted octanol–water partition coefficient (Wildman–Crippen LogP) is 6.31. The Balaban J connectivity index is 1.65. The summed E-state index contributed by atoms with van der Waals surface area (Å²) in [5, 5.41) is 17.6. The molecule has 0 radical (unpaired) electrons. The number of nitrogens with one attached hydrogen (secondary N) is 2. The Kier molecular flexibility index (Phi) is 7.31. The lowest BCUT2D eigenvalue weighted by molar-refractivity contribution is 0.301. The van der Waals surface area contributed by atoms with Gasteiger partial charge in [0.1, 0.15) is 24.2 Å². The molecule has 0 amide bonds. The molecule has 0 bridgehead atoms. The molecule has 7 nitrogen and oxygen atoms in total. The first-order valence-corrected chi connectivity index (χ1v) is 11.3. The molecule has 8 heteroatoms. The Morgan fingerprint density at radius 1 is 1.03 bits per heavy atom. The molecule has 0 unspecified atom stereocenters. The molecule has 2 aromatic heterocycles. The number of ether oxygens (including phenoxy) is 2. The van der Waals surface area contributed by atoms with Crippen LogP contribution in [0.25, 0.3) is 10.9 Å². The Morgan fingerprint density at radius 2 is 1.91 bits per heavy atom. The van der Waals surface area contributed by atoms with Gasteiger partial charge >= 0.3 is 0 Å². The predicted molar refractivity (Wildman–Crippen MR) is 135 cm³/mol. The molecule has 2 heterocycles. The van der Waals surface area contributed by atoms with Crippen LogP contribution in [0.2, 0.25) is 5.02 Å². The maximum atomic E-state index is 9.72. The molecule has 0 atom stereocenters. The number of pyridine rings is 2. The van der Waals surface area contributed by atoms with Crippen molar-refractivity contribution in [2.75, 3.05) is 23.8 Å². The number of halogens is 1. The van der Waals surface area contributed by atoms with Gasteiger partial charge in [0, 0.05) is 36.1 Å². The van der Waals surface area contributed by atoms with E-state index >= 15 is 0 Å². The third kappa shape index (κ3) is 5.13. The van der Waals surface area contributed by atoms with Crippen molar-refractivity contribution in [2.24, 2.45) is 0 Å². The van der Waals surface area contributed by atoms with Crippen LogP contribution in [-0.2, 0) is 6.61 Å². The summed E-state index contributed by atoms with van der Waals surface area (Å²) in [5.41, 5.74) is 4.16. The van der Waals surface area contributed by atoms with E-state index in [2.05, 4.69) is 26.7 Å². The molecule has 172 valence electrons. The van der Waals surface area contributed by atoms with E-state index in [1.807, 2.05) is 50.2 Å². The lowest BCUT2D eigenvalue weighted by Gasteiger charge is -2.16. The van der Waals surface area contributed by atoms with Crippen molar-refractivity contribution >= 4 is 39.6 Å². The SMILES string of the molecule is CCNc1cc2c(Nc3ccc(OCc4ccccn4)c(Cl)c3)c(C#N)cnc2cc1OCC. The van der Waals surface area contributed by atoms with Crippen LogP contribution in [0.4, 0.5) is 17.1 Å². The topological polar surface area (TPSA) is 92.1 Å². The van der Waals surface area contributed by atoms with Crippen LogP contribution in [-0.4, -0.2) is 23.1 Å². The Bertz CT molecular complexity index is 1340. The van der Waals surface area contributed by atoms with Crippen LogP contribution in [0.5, 0.6) is 11.5 Å². The largest absolute Gasteiger partial charge is 0.492 e. The molecular weight excluding hydrogens is 450 g/mol. The number of aromatic nitrogens is 2. The summed E-state index contributed by atoms with van der Waals surface area (Å²) in [5.74, 6) is 1.27. The molecule has 0 saturated heterocycles. The van der Waals surface area contributed by atoms with Gasteiger partial charge in [0.05, 0.1) is 39.8 Å². The molecule has 0 aliphatic heterocycles. The van der Waals surface area contributed by atoms with Crippen LogP contribution >= 0.6 is 11.6 Å². The van der Waals surface area contributed by atoms with Crippen molar-refractivity contribution in [1.82, 2.24) is 9.97 Å². The van der Waals surface area contributed by atoms with Crippen LogP contribution in [0.15, 0.2) is 60.9 Å². The highest BCUT2D eigenvalue weighted by Crippen LogP contribution is 2.37. The van der Waals surface area contributed by atoms with E-state index in [9.17, 15) is 5.26 Å². The minimum absolute atomic E-state index is 0.316. The van der Waals surface area contributed by atoms with E-state index in [1.165, 1.54) is 0 Å². The highest BCUT2D eigenvalue weighted by atomic mass is 35.5. The molecular formula is C26H24ClN5O2. The molecule has 0 saturated carbocycles. The number of fused-ring (bicyclic) bond motifs is 1. The number of hydrogen-bond donors (Lipinski definition) is 2. The van der Waals surface area contributed by atoms with Crippen LogP contribution in [0.3, 0.4) is 0 Å². The fourth-order valence-corrected chi connectivity index (χ4v) is 3.75. The van der Waals surface area contributed by atoms with E-state index in [1.54, 1.807) is 24.5 Å². The normalized spacial score (nSPS) is 10.5. The molecule has 2 aromatic carbocycles. The van der Waals surface area contributed by atoms with Crippen LogP contribution < -0.4 is 20.1 Å². The summed E-state index contributed by atoms with van der Waals surface area (Å²) in [7, 11) is 0. The lowest BCUT2D eigenvalue weighted by Crippen LogP contribution is -2.03. The first kappa shape index (κ1) is 23.1. The molecule has 0 fully saturated rings. The van der Waals surface area contributed by atoms with Gasteiger partial charge in [-0.3, -0.25) is 9.97 Å². The number of benzene rings is 2. The fourth-order valence-electron chi connectivity index (χ4n) is 3.52. The summed E-state index contributed by atoms with van der Waals surface area (Å²) in [4.78, 5) is 8.71. The van der Waals surface area contributed by atoms with Crippen molar-refractivity contribution in [3.05, 3.63) is 77.2 Å². The first-order chi connectivity index (χ1) is 16.6. The number of nitriles is 1. The van der Waals surface area contributed by atoms with E-state index in [4.69, 9.17) is 21.1 Å². The average Bonchev–Trinajstić information content (AvgIpc) is 2.85. The van der Waals surface area contributed by atoms with Gasteiger partial charge in [0.25, 0.3) is 0 Å². The second kappa shape index (κ2) is 10.7. The standard InChI is InChI=1S/C26H24ClN5O2/c1-3-29-23-12-20-22(13-25(23)33-4-2)31-15-17(14-28)26(20)32-18-8-9-24(21(27)11-18)34-16-19-7-5-6-10-30-19/h5-13,15,29H,3-4,16H2,1-2H3,(H,31,32). The monoisotopic (exact) mass is 473 g/mol. The second-order valence-electron chi connectivity index (χ2n) is 7.37. The average molecular weight is 474 g/mol. The molecule has 0 aliphatic rings. The number of hydrogen-bond acceptors (Lipinski definition) is 7. The highest BCUT2D eigenvalue weighted by Gasteiger charge is 2.14. The van der Waals surface area contributed by atoms with Gasteiger partial charge in [0.15, 0.2) is 0 Å². The van der Waals surface area contributed by atoms with Crippen molar-refractivity contribution < 1.29 is 9.47 Å². The fraction of sp³-hybridized carbons (Fsp3) is 0.192. The molecule has 2 N–H and O–H groups in total. The summed E-state index contributed by atoms with van der Waals surface area (Å²) in [6, 6.07) is 17.1. The summed E-state index contributed by atoms with van der Waals surface area (Å²) >= 11 is 6.49. The quantitative estimate of drug-likeness (QED) is 0.294. The smallest absolute Gasteiger partial charge is 0.144 e. The van der Waals surface area contributed by atoms with Crippen LogP contribution in [0.1, 0.15) is 25.1 Å². The van der Waals surface area contributed by atoms with Crippen molar-refractivity contribution in [2.45, 2.75) is 20.5 Å². The summed E-state index contributed by atoms with van der Waals surface area (Å²) in [6.45, 7) is 5.54. The van der Waals surface area contributed by atoms with Gasteiger partial charge in [0.2, 0.25) is 0 Å². The Morgan fingerprint density at radius 3 is 2.62 bits per heavy atom. The second-order valence-corrected chi connectivity index (χ2v) is 7.77. The molecule has 4 rings (SSSR count). The molecule has 34 heavy (non-hydrogen) atoms. The van der Waals surface area contributed by atoms with Crippen LogP contribution in [0, 0.1) is 11.3 Å². The third-order valence-corrected chi connectivity index (χ3v) is 5.36. The van der Waals surface area contributed by atoms with Gasteiger partial charge in [-0.2, -0.15) is 5.26 Å². The zero-order valence-corrected chi connectivity index (χ0v) is 19.7. The summed E-state index contributed by atoms with van der Waals surface area (Å²) < 4.78 is 11.6. The Labute approximate surface area is 203 Å². The van der Waals surface area contributed by atoms with Crippen molar-refractivity contribution in [1.29, 1.82) is 5.26 Å². The number of nitrogens with zero attached hydrogens (tertiary/aromatic N) is 3. The van der Waals surface area contributed by atoms with E-state index in [-0.39, 0.29) is 0 Å². The maximum Gasteiger partial charge on any atom is 0.144 e. The zero-order valence-electron chi connectivity index (χ0n) is 18.9. The van der Waals surface area contributed by atoms with Gasteiger partial charge in [-0.25, -0.2) is 0 Å². The van der Waals surface area contributed by atoms with Gasteiger partial charge in [-0.1, -0.05) is 17.7 Å². The zero-order chi connectivity index (χ0) is 23.9. The van der Waals surface area contributed by atoms with Crippen molar-refractivity contribution in [3.63, 3.8) is 0 Å². The van der Waals surface area contributed by atoms with Gasteiger partial charge in [-0.05, 0) is 50.2 Å². The van der Waals surface area contributed by atoms with E-state index in [0.717, 1.165) is 34.7 Å². The maximum absolute atomic E-state index is 9.72. The van der Waals surface area contributed by atoms with Gasteiger partial charge in [-0.15, -0.1) is 0 Å². The minimum atomic E-state index is 0.316. The lowest BCUT2D eigenvalue weighted by atomic mass is 10.1. The number of rotatable bonds is 9. The molecule has 4 aromatic rings. The minimum Gasteiger partial charge on any atom is -0.492 e. The number of anilines is 3. The first-order valence-electron chi connectivity index (χ1n) is 11.0. The molecule has 0 aliphatic carbocycles. The molecule has 0 spiro atoms. The summed E-state index contributed by atoms with van der Waals surface area (Å²) in [6.07, 6.45) is 3.27. The third-order valence-electron chi connectivity index (χ3n) is 5.06.